The van der Waals surface area contributed by atoms with E-state index in [9.17, 15) is 0 Å². The van der Waals surface area contributed by atoms with Crippen molar-refractivity contribution in [2.45, 2.75) is 46.6 Å². The molecule has 1 heterocycles. The molecule has 1 unspecified atom stereocenters. The van der Waals surface area contributed by atoms with Crippen molar-refractivity contribution in [3.05, 3.63) is 18.1 Å². The molecule has 0 aliphatic heterocycles. The lowest BCUT2D eigenvalue weighted by Gasteiger charge is -2.31. The summed E-state index contributed by atoms with van der Waals surface area (Å²) in [6.45, 7) is 9.90. The first-order valence-corrected chi connectivity index (χ1v) is 6.56. The van der Waals surface area contributed by atoms with E-state index >= 15 is 0 Å². The van der Waals surface area contributed by atoms with Gasteiger partial charge in [0.2, 0.25) is 5.88 Å². The number of aromatic nitrogens is 2. The van der Waals surface area contributed by atoms with Crippen LogP contribution in [-0.4, -0.2) is 29.7 Å². The van der Waals surface area contributed by atoms with Crippen LogP contribution in [0.15, 0.2) is 12.3 Å². The molecule has 0 bridgehead atoms. The molecule has 0 aliphatic rings. The Kier molecular flexibility index (Phi) is 5.54. The van der Waals surface area contributed by atoms with Gasteiger partial charge in [0.1, 0.15) is 5.82 Å². The van der Waals surface area contributed by atoms with Crippen LogP contribution in [0.5, 0.6) is 5.88 Å². The molecule has 1 atom stereocenters. The van der Waals surface area contributed by atoms with Crippen molar-refractivity contribution in [3.8, 4) is 5.88 Å². The van der Waals surface area contributed by atoms with Gasteiger partial charge in [-0.1, -0.05) is 27.7 Å². The van der Waals surface area contributed by atoms with Gasteiger partial charge >= 0.3 is 0 Å². The number of nitrogens with one attached hydrogen (secondary N) is 1. The standard InChI is InChI=1S/C14H25N3O/c1-6-8-15-11(14(2,3)4)10-12-16-9-7-13(17-12)18-5/h7,9,11,15H,6,8,10H2,1-5H3. The van der Waals surface area contributed by atoms with Crippen LogP contribution in [0.1, 0.15) is 39.9 Å². The third-order valence-electron chi connectivity index (χ3n) is 2.96. The summed E-state index contributed by atoms with van der Waals surface area (Å²) < 4.78 is 5.13. The molecule has 1 rings (SSSR count). The Bertz CT molecular complexity index is 360. The summed E-state index contributed by atoms with van der Waals surface area (Å²) in [6.07, 6.45) is 3.70. The summed E-state index contributed by atoms with van der Waals surface area (Å²) in [6, 6.07) is 2.14. The normalized spacial score (nSPS) is 13.4. The Balaban J connectivity index is 2.75. The topological polar surface area (TPSA) is 47.0 Å². The second-order valence-corrected chi connectivity index (χ2v) is 5.59. The van der Waals surface area contributed by atoms with Gasteiger partial charge in [0.15, 0.2) is 0 Å². The Hall–Kier alpha value is -1.16. The molecule has 4 heteroatoms. The number of ether oxygens (including phenoxy) is 1. The first-order chi connectivity index (χ1) is 8.47. The third kappa shape index (κ3) is 4.61. The molecule has 0 spiro atoms. The smallest absolute Gasteiger partial charge is 0.216 e. The Morgan fingerprint density at radius 3 is 2.67 bits per heavy atom. The van der Waals surface area contributed by atoms with Gasteiger partial charge in [-0.2, -0.15) is 4.98 Å². The lowest BCUT2D eigenvalue weighted by Crippen LogP contribution is -2.42. The van der Waals surface area contributed by atoms with Crippen LogP contribution in [0.3, 0.4) is 0 Å². The van der Waals surface area contributed by atoms with E-state index in [1.165, 1.54) is 0 Å². The highest BCUT2D eigenvalue weighted by Crippen LogP contribution is 2.22. The van der Waals surface area contributed by atoms with Crippen LogP contribution < -0.4 is 10.1 Å². The monoisotopic (exact) mass is 251 g/mol. The number of hydrogen-bond donors (Lipinski definition) is 1. The molecule has 1 aromatic rings. The van der Waals surface area contributed by atoms with Crippen molar-refractivity contribution in [3.63, 3.8) is 0 Å². The molecule has 18 heavy (non-hydrogen) atoms. The van der Waals surface area contributed by atoms with Crippen molar-refractivity contribution in [2.75, 3.05) is 13.7 Å². The van der Waals surface area contributed by atoms with E-state index < -0.39 is 0 Å². The predicted molar refractivity (Wildman–Crippen MR) is 73.8 cm³/mol. The van der Waals surface area contributed by atoms with E-state index in [1.807, 2.05) is 0 Å². The second-order valence-electron chi connectivity index (χ2n) is 5.59. The molecule has 102 valence electrons. The predicted octanol–water partition coefficient (Wildman–Crippen LogP) is 2.44. The molecule has 0 saturated heterocycles. The van der Waals surface area contributed by atoms with E-state index in [0.29, 0.717) is 11.9 Å². The van der Waals surface area contributed by atoms with Crippen LogP contribution in [0, 0.1) is 5.41 Å². The van der Waals surface area contributed by atoms with Gasteiger partial charge in [-0.3, -0.25) is 0 Å². The zero-order valence-electron chi connectivity index (χ0n) is 12.2. The van der Waals surface area contributed by atoms with Crippen molar-refractivity contribution in [1.29, 1.82) is 0 Å². The van der Waals surface area contributed by atoms with Gasteiger partial charge in [-0.25, -0.2) is 4.98 Å². The molecular weight excluding hydrogens is 226 g/mol. The minimum atomic E-state index is 0.182. The van der Waals surface area contributed by atoms with Gasteiger partial charge in [-0.05, 0) is 18.4 Å². The molecule has 0 radical (unpaired) electrons. The van der Waals surface area contributed by atoms with Crippen molar-refractivity contribution in [1.82, 2.24) is 15.3 Å². The minimum Gasteiger partial charge on any atom is -0.481 e. The van der Waals surface area contributed by atoms with Crippen LogP contribution in [0.25, 0.3) is 0 Å². The van der Waals surface area contributed by atoms with Crippen molar-refractivity contribution in [2.24, 2.45) is 5.41 Å². The van der Waals surface area contributed by atoms with Gasteiger partial charge in [0.05, 0.1) is 7.11 Å². The summed E-state index contributed by atoms with van der Waals surface area (Å²) in [5, 5.41) is 3.57. The summed E-state index contributed by atoms with van der Waals surface area (Å²) in [4.78, 5) is 8.70. The number of hydrogen-bond acceptors (Lipinski definition) is 4. The van der Waals surface area contributed by atoms with Gasteiger partial charge in [0.25, 0.3) is 0 Å². The van der Waals surface area contributed by atoms with E-state index in [1.54, 1.807) is 19.4 Å². The highest BCUT2D eigenvalue weighted by Gasteiger charge is 2.25. The maximum atomic E-state index is 5.13. The lowest BCUT2D eigenvalue weighted by molar-refractivity contribution is 0.263. The first-order valence-electron chi connectivity index (χ1n) is 6.56. The average molecular weight is 251 g/mol. The lowest BCUT2D eigenvalue weighted by atomic mass is 9.84. The van der Waals surface area contributed by atoms with E-state index in [4.69, 9.17) is 4.74 Å². The molecule has 4 nitrogen and oxygen atoms in total. The van der Waals surface area contributed by atoms with Crippen LogP contribution in [0.4, 0.5) is 0 Å². The Morgan fingerprint density at radius 1 is 1.39 bits per heavy atom. The summed E-state index contributed by atoms with van der Waals surface area (Å²) >= 11 is 0. The molecule has 0 fully saturated rings. The van der Waals surface area contributed by atoms with Crippen LogP contribution >= 0.6 is 0 Å². The SMILES string of the molecule is CCCNC(Cc1nccc(OC)n1)C(C)(C)C. The van der Waals surface area contributed by atoms with Crippen LogP contribution in [-0.2, 0) is 6.42 Å². The average Bonchev–Trinajstić information content (AvgIpc) is 2.33. The van der Waals surface area contributed by atoms with Crippen molar-refractivity contribution >= 4 is 0 Å². The second kappa shape index (κ2) is 6.69. The zero-order valence-corrected chi connectivity index (χ0v) is 12.2. The number of nitrogens with zero attached hydrogens (tertiary/aromatic N) is 2. The highest BCUT2D eigenvalue weighted by atomic mass is 16.5. The first kappa shape index (κ1) is 14.9. The maximum absolute atomic E-state index is 5.13. The van der Waals surface area contributed by atoms with Crippen LogP contribution in [0.2, 0.25) is 0 Å². The fourth-order valence-corrected chi connectivity index (χ4v) is 1.78. The summed E-state index contributed by atoms with van der Waals surface area (Å²) in [5.74, 6) is 1.46. The van der Waals surface area contributed by atoms with E-state index in [2.05, 4.69) is 43.0 Å². The summed E-state index contributed by atoms with van der Waals surface area (Å²) in [5.41, 5.74) is 0.182. The third-order valence-corrected chi connectivity index (χ3v) is 2.96. The quantitative estimate of drug-likeness (QED) is 0.843. The highest BCUT2D eigenvalue weighted by molar-refractivity contribution is 5.09. The molecule has 1 aromatic heterocycles. The van der Waals surface area contributed by atoms with Crippen molar-refractivity contribution < 1.29 is 4.74 Å². The maximum Gasteiger partial charge on any atom is 0.216 e. The Labute approximate surface area is 110 Å². The molecule has 1 N–H and O–H groups in total. The van der Waals surface area contributed by atoms with Gasteiger partial charge in [0, 0.05) is 24.7 Å². The largest absolute Gasteiger partial charge is 0.481 e. The zero-order chi connectivity index (χ0) is 13.6. The number of methoxy groups -OCH3 is 1. The molecular formula is C14H25N3O. The van der Waals surface area contributed by atoms with Gasteiger partial charge in [-0.15, -0.1) is 0 Å². The Morgan fingerprint density at radius 2 is 2.11 bits per heavy atom. The molecule has 0 aromatic carbocycles. The fourth-order valence-electron chi connectivity index (χ4n) is 1.78. The van der Waals surface area contributed by atoms with Gasteiger partial charge < -0.3 is 10.1 Å². The summed E-state index contributed by atoms with van der Waals surface area (Å²) in [7, 11) is 1.63. The number of rotatable bonds is 6. The van der Waals surface area contributed by atoms with E-state index in [-0.39, 0.29) is 5.41 Å². The molecule has 0 aliphatic carbocycles. The molecule has 0 saturated carbocycles. The molecule has 0 amide bonds. The fraction of sp³-hybridized carbons (Fsp3) is 0.714. The van der Waals surface area contributed by atoms with E-state index in [0.717, 1.165) is 25.2 Å². The minimum absolute atomic E-state index is 0.182.